The average molecular weight is 116 g/mol. The summed E-state index contributed by atoms with van der Waals surface area (Å²) in [6.07, 6.45) is 0. The Balaban J connectivity index is 2.36. The molecule has 0 amide bonds. The molecule has 0 aromatic carbocycles. The monoisotopic (exact) mass is 116 g/mol. The first-order valence-corrected chi connectivity index (χ1v) is 6.06. The van der Waals surface area contributed by atoms with Gasteiger partial charge in [0.1, 0.15) is 8.24 Å². The zero-order valence-electron chi connectivity index (χ0n) is 5.15. The summed E-state index contributed by atoms with van der Waals surface area (Å²) in [5, 5.41) is 0. The maximum atomic E-state index is 3.17. The van der Waals surface area contributed by atoms with Gasteiger partial charge in [-0.3, -0.25) is 4.67 Å². The van der Waals surface area contributed by atoms with E-state index in [1.807, 2.05) is 0 Å². The maximum Gasteiger partial charge on any atom is 0.138 e. The van der Waals surface area contributed by atoms with E-state index in [1.165, 1.54) is 0 Å². The zero-order chi connectivity index (χ0) is 5.49. The third-order valence-corrected chi connectivity index (χ3v) is 3.06. The van der Waals surface area contributed by atoms with Gasteiger partial charge in [0.2, 0.25) is 0 Å². The minimum atomic E-state index is -0.901. The number of hydrogen-bond acceptors (Lipinski definition) is 2. The second-order valence-corrected chi connectivity index (χ2v) is 7.80. The fraction of sp³-hybridized carbons (Fsp3) is 1.00. The van der Waals surface area contributed by atoms with Gasteiger partial charge in [0.25, 0.3) is 0 Å². The summed E-state index contributed by atoms with van der Waals surface area (Å²) in [4.78, 5) is 0. The van der Waals surface area contributed by atoms with Crippen molar-refractivity contribution in [1.82, 2.24) is 10.1 Å². The van der Waals surface area contributed by atoms with Gasteiger partial charge < -0.3 is 0 Å². The van der Waals surface area contributed by atoms with Crippen molar-refractivity contribution in [3.05, 3.63) is 0 Å². The first kappa shape index (κ1) is 5.28. The Labute approximate surface area is 45.6 Å². The van der Waals surface area contributed by atoms with Crippen molar-refractivity contribution < 1.29 is 0 Å². The summed E-state index contributed by atoms with van der Waals surface area (Å²) in [7, 11) is -0.901. The lowest BCUT2D eigenvalue weighted by Crippen LogP contribution is -2.33. The fourth-order valence-electron chi connectivity index (χ4n) is 0.510. The molecule has 1 aliphatic rings. The van der Waals surface area contributed by atoms with Crippen molar-refractivity contribution in [2.24, 2.45) is 0 Å². The summed E-state index contributed by atoms with van der Waals surface area (Å²) >= 11 is 0. The third kappa shape index (κ3) is 1.26. The molecule has 1 unspecified atom stereocenters. The lowest BCUT2D eigenvalue weighted by atomic mass is 11.4. The molecule has 2 nitrogen and oxygen atoms in total. The van der Waals surface area contributed by atoms with Gasteiger partial charge >= 0.3 is 0 Å². The van der Waals surface area contributed by atoms with Crippen molar-refractivity contribution in [1.29, 1.82) is 0 Å². The smallest absolute Gasteiger partial charge is 0.138 e. The molecule has 1 N–H and O–H groups in total. The standard InChI is InChI=1S/C4H12N2Si/c1-7(2,3)6-4-5-6/h5H,4H2,1-3H3. The van der Waals surface area contributed by atoms with Crippen molar-refractivity contribution in [2.75, 3.05) is 6.67 Å². The SMILES string of the molecule is C[Si](C)(C)N1CN1. The highest BCUT2D eigenvalue weighted by atomic mass is 28.3. The molecule has 1 atom stereocenters. The Kier molecular flexibility index (Phi) is 0.984. The number of rotatable bonds is 1. The van der Waals surface area contributed by atoms with E-state index in [9.17, 15) is 0 Å². The molecule has 1 heterocycles. The Hall–Kier alpha value is 0.137. The van der Waals surface area contributed by atoms with Gasteiger partial charge in [-0.1, -0.05) is 19.6 Å². The summed E-state index contributed by atoms with van der Waals surface area (Å²) in [5.41, 5.74) is 3.17. The highest BCUT2D eigenvalue weighted by molar-refractivity contribution is 6.73. The van der Waals surface area contributed by atoms with Crippen LogP contribution in [0.4, 0.5) is 0 Å². The lowest BCUT2D eigenvalue weighted by molar-refractivity contribution is 0.770. The second-order valence-electron chi connectivity index (χ2n) is 2.92. The van der Waals surface area contributed by atoms with Gasteiger partial charge in [-0.05, 0) is 0 Å². The van der Waals surface area contributed by atoms with Crippen LogP contribution in [0.25, 0.3) is 0 Å². The maximum absolute atomic E-state index is 3.17. The molecule has 0 aromatic rings. The van der Waals surface area contributed by atoms with Crippen LogP contribution in [0.15, 0.2) is 0 Å². The van der Waals surface area contributed by atoms with Gasteiger partial charge in [-0.25, -0.2) is 5.43 Å². The number of hydrogen-bond donors (Lipinski definition) is 1. The van der Waals surface area contributed by atoms with Gasteiger partial charge in [-0.2, -0.15) is 0 Å². The molecule has 42 valence electrons. The summed E-state index contributed by atoms with van der Waals surface area (Å²) in [5.74, 6) is 0. The average Bonchev–Trinajstić information content (AvgIpc) is 1.99. The number of nitrogens with one attached hydrogen (secondary N) is 1. The van der Waals surface area contributed by atoms with E-state index < -0.39 is 8.24 Å². The molecule has 0 radical (unpaired) electrons. The first-order chi connectivity index (χ1) is 3.11. The van der Waals surface area contributed by atoms with Crippen LogP contribution in [0.5, 0.6) is 0 Å². The minimum absolute atomic E-state index is 0.901. The van der Waals surface area contributed by atoms with Gasteiger partial charge in [0.05, 0.1) is 6.67 Å². The Bertz CT molecular complexity index is 72.2. The number of hydrazine groups is 1. The first-order valence-electron chi connectivity index (χ1n) is 2.62. The third-order valence-electron chi connectivity index (χ3n) is 1.13. The van der Waals surface area contributed by atoms with E-state index in [4.69, 9.17) is 0 Å². The minimum Gasteiger partial charge on any atom is -0.251 e. The van der Waals surface area contributed by atoms with Crippen LogP contribution >= 0.6 is 0 Å². The molecule has 1 fully saturated rings. The molecule has 0 aliphatic carbocycles. The zero-order valence-corrected chi connectivity index (χ0v) is 6.15. The van der Waals surface area contributed by atoms with Crippen LogP contribution in [-0.2, 0) is 0 Å². The van der Waals surface area contributed by atoms with Crippen LogP contribution in [0.3, 0.4) is 0 Å². The summed E-state index contributed by atoms with van der Waals surface area (Å²) in [6.45, 7) is 8.10. The van der Waals surface area contributed by atoms with Crippen LogP contribution < -0.4 is 5.43 Å². The second kappa shape index (κ2) is 1.31. The molecule has 3 heteroatoms. The molecule has 7 heavy (non-hydrogen) atoms. The Morgan fingerprint density at radius 1 is 1.43 bits per heavy atom. The molecule has 0 bridgehead atoms. The summed E-state index contributed by atoms with van der Waals surface area (Å²) < 4.78 is 2.33. The largest absolute Gasteiger partial charge is 0.251 e. The van der Waals surface area contributed by atoms with Gasteiger partial charge in [0.15, 0.2) is 0 Å². The van der Waals surface area contributed by atoms with Crippen molar-refractivity contribution in [3.8, 4) is 0 Å². The molecule has 0 spiro atoms. The van der Waals surface area contributed by atoms with Crippen LogP contribution in [0.2, 0.25) is 19.6 Å². The molecule has 0 saturated carbocycles. The van der Waals surface area contributed by atoms with Crippen LogP contribution in [0.1, 0.15) is 0 Å². The molecule has 0 aromatic heterocycles. The van der Waals surface area contributed by atoms with E-state index in [0.717, 1.165) is 6.67 Å². The molecule has 1 aliphatic heterocycles. The molecular weight excluding hydrogens is 104 g/mol. The molecule has 1 saturated heterocycles. The van der Waals surface area contributed by atoms with E-state index in [1.54, 1.807) is 0 Å². The highest BCUT2D eigenvalue weighted by Crippen LogP contribution is 2.10. The van der Waals surface area contributed by atoms with Gasteiger partial charge in [0, 0.05) is 0 Å². The number of nitrogens with zero attached hydrogens (tertiary/aromatic N) is 1. The van der Waals surface area contributed by atoms with Crippen molar-refractivity contribution in [3.63, 3.8) is 0 Å². The van der Waals surface area contributed by atoms with E-state index in [-0.39, 0.29) is 0 Å². The topological polar surface area (TPSA) is 25.0 Å². The Morgan fingerprint density at radius 3 is 1.86 bits per heavy atom. The summed E-state index contributed by atoms with van der Waals surface area (Å²) in [6, 6.07) is 0. The lowest BCUT2D eigenvalue weighted by Gasteiger charge is -2.13. The highest BCUT2D eigenvalue weighted by Gasteiger charge is 2.31. The van der Waals surface area contributed by atoms with Gasteiger partial charge in [-0.15, -0.1) is 0 Å². The van der Waals surface area contributed by atoms with Crippen molar-refractivity contribution in [2.45, 2.75) is 19.6 Å². The predicted octanol–water partition coefficient (Wildman–Crippen LogP) is 0.599. The quantitative estimate of drug-likeness (QED) is 0.401. The molecule has 1 rings (SSSR count). The molecular formula is C4H12N2Si. The van der Waals surface area contributed by atoms with Crippen molar-refractivity contribution >= 4 is 8.24 Å². The normalized spacial score (nSPS) is 30.4. The van der Waals surface area contributed by atoms with E-state index in [0.29, 0.717) is 0 Å². The van der Waals surface area contributed by atoms with E-state index >= 15 is 0 Å². The van der Waals surface area contributed by atoms with E-state index in [2.05, 4.69) is 29.7 Å². The Morgan fingerprint density at radius 2 is 1.86 bits per heavy atom. The van der Waals surface area contributed by atoms with Crippen LogP contribution in [0, 0.1) is 0 Å². The van der Waals surface area contributed by atoms with Crippen LogP contribution in [-0.4, -0.2) is 19.6 Å². The predicted molar refractivity (Wildman–Crippen MR) is 33.2 cm³/mol. The fourth-order valence-corrected chi connectivity index (χ4v) is 1.53.